The highest BCUT2D eigenvalue weighted by atomic mass is 16.7. The van der Waals surface area contributed by atoms with E-state index in [9.17, 15) is 9.90 Å². The molecule has 18 heavy (non-hydrogen) atoms. The summed E-state index contributed by atoms with van der Waals surface area (Å²) in [5, 5.41) is 9.70. The Morgan fingerprint density at radius 2 is 1.83 bits per heavy atom. The second-order valence-electron chi connectivity index (χ2n) is 4.31. The summed E-state index contributed by atoms with van der Waals surface area (Å²) >= 11 is 0. The van der Waals surface area contributed by atoms with Crippen molar-refractivity contribution in [3.63, 3.8) is 0 Å². The summed E-state index contributed by atoms with van der Waals surface area (Å²) in [5.41, 5.74) is 5.53. The first kappa shape index (κ1) is 18.9. The van der Waals surface area contributed by atoms with Gasteiger partial charge >= 0.3 is 5.96 Å². The second-order valence-corrected chi connectivity index (χ2v) is 4.31. The van der Waals surface area contributed by atoms with Crippen molar-refractivity contribution >= 4 is 12.1 Å². The zero-order chi connectivity index (χ0) is 14.6. The molecule has 2 N–H and O–H groups in total. The first-order chi connectivity index (χ1) is 8.32. The molecule has 0 aromatic rings. The molecular formula is C12H27N3O3. The van der Waals surface area contributed by atoms with Gasteiger partial charge in [-0.15, -0.1) is 0 Å². The lowest BCUT2D eigenvalue weighted by atomic mass is 10.2. The van der Waals surface area contributed by atoms with Crippen LogP contribution in [0.4, 0.5) is 4.79 Å². The third-order valence-electron chi connectivity index (χ3n) is 2.13. The minimum Gasteiger partial charge on any atom is -0.550 e. The Labute approximate surface area is 110 Å². The van der Waals surface area contributed by atoms with Crippen molar-refractivity contribution in [3.8, 4) is 0 Å². The van der Waals surface area contributed by atoms with Gasteiger partial charge in [0.05, 0.1) is 28.2 Å². The van der Waals surface area contributed by atoms with E-state index < -0.39 is 6.16 Å². The van der Waals surface area contributed by atoms with Crippen molar-refractivity contribution in [2.24, 2.45) is 5.73 Å². The smallest absolute Gasteiger partial charge is 0.344 e. The monoisotopic (exact) mass is 261 g/mol. The fourth-order valence-corrected chi connectivity index (χ4v) is 1.08. The maximum absolute atomic E-state index is 9.70. The summed E-state index contributed by atoms with van der Waals surface area (Å²) in [6, 6.07) is 0. The van der Waals surface area contributed by atoms with Gasteiger partial charge in [0.15, 0.2) is 0 Å². The predicted molar refractivity (Wildman–Crippen MR) is 70.5 cm³/mol. The van der Waals surface area contributed by atoms with E-state index in [1.54, 1.807) is 0 Å². The van der Waals surface area contributed by atoms with Crippen LogP contribution in [0, 0.1) is 0 Å². The van der Waals surface area contributed by atoms with Crippen LogP contribution in [0.25, 0.3) is 0 Å². The number of ether oxygens (including phenoxy) is 1. The van der Waals surface area contributed by atoms with E-state index in [-0.39, 0.29) is 6.61 Å². The number of guanidine groups is 1. The molecule has 0 saturated carbocycles. The third-order valence-corrected chi connectivity index (χ3v) is 2.13. The molecular weight excluding hydrogens is 234 g/mol. The predicted octanol–water partition coefficient (Wildman–Crippen LogP) is 0.0614. The van der Waals surface area contributed by atoms with Gasteiger partial charge in [0.1, 0.15) is 0 Å². The standard InChI is InChI=1S/C7H14O3.C5H13N3/c1-2-3-4-5-6-10-7(8)9;1-7(2)5(6)8(3)4/h2-6H2,1H3,(H,8,9);6H,1-4H3. The lowest BCUT2D eigenvalue weighted by Crippen LogP contribution is -2.36. The Bertz CT molecular complexity index is 249. The number of nitrogens with zero attached hydrogens (tertiary/aromatic N) is 2. The molecule has 0 aliphatic rings. The largest absolute Gasteiger partial charge is 0.550 e. The van der Waals surface area contributed by atoms with Crippen LogP contribution in [0.3, 0.4) is 0 Å². The molecule has 0 unspecified atom stereocenters. The Morgan fingerprint density at radius 1 is 1.28 bits per heavy atom. The number of hydrogen-bond donors (Lipinski definition) is 1. The Hall–Kier alpha value is -1.46. The number of carbonyl (C=O) groups excluding carboxylic acids is 1. The SMILES string of the molecule is CCCCCCOC(=O)[O-].CN(C)C(N)=[N+](C)C. The van der Waals surface area contributed by atoms with Gasteiger partial charge in [-0.2, -0.15) is 0 Å². The van der Waals surface area contributed by atoms with Crippen molar-refractivity contribution in [1.82, 2.24) is 4.90 Å². The molecule has 0 rings (SSSR count). The van der Waals surface area contributed by atoms with Gasteiger partial charge < -0.3 is 14.6 Å². The van der Waals surface area contributed by atoms with Gasteiger partial charge in [-0.05, 0) is 6.42 Å². The van der Waals surface area contributed by atoms with Crippen LogP contribution >= 0.6 is 0 Å². The zero-order valence-electron chi connectivity index (χ0n) is 12.2. The second kappa shape index (κ2) is 12.0. The number of rotatable bonds is 5. The topological polar surface area (TPSA) is 81.6 Å². The number of carbonyl (C=O) groups is 1. The minimum absolute atomic E-state index is 0.280. The van der Waals surface area contributed by atoms with Gasteiger partial charge in [0.25, 0.3) is 6.16 Å². The molecule has 0 amide bonds. The lowest BCUT2D eigenvalue weighted by molar-refractivity contribution is -0.470. The number of unbranched alkanes of at least 4 members (excludes halogenated alkanes) is 3. The molecule has 0 fully saturated rings. The zero-order valence-corrected chi connectivity index (χ0v) is 12.2. The maximum atomic E-state index is 9.70. The summed E-state index contributed by atoms with van der Waals surface area (Å²) < 4.78 is 6.06. The van der Waals surface area contributed by atoms with Gasteiger partial charge in [-0.25, -0.2) is 0 Å². The molecule has 0 saturated heterocycles. The van der Waals surface area contributed by atoms with E-state index in [1.807, 2.05) is 37.7 Å². The van der Waals surface area contributed by atoms with Gasteiger partial charge in [0, 0.05) is 6.61 Å². The van der Waals surface area contributed by atoms with Crippen LogP contribution < -0.4 is 10.8 Å². The number of nitrogens with two attached hydrogens (primary N) is 1. The fraction of sp³-hybridized carbons (Fsp3) is 0.833. The molecule has 0 aliphatic heterocycles. The highest BCUT2D eigenvalue weighted by Crippen LogP contribution is 1.98. The van der Waals surface area contributed by atoms with E-state index in [2.05, 4.69) is 11.7 Å². The Morgan fingerprint density at radius 3 is 2.11 bits per heavy atom. The van der Waals surface area contributed by atoms with Crippen LogP contribution in [-0.2, 0) is 4.74 Å². The summed E-state index contributed by atoms with van der Waals surface area (Å²) in [7, 11) is 7.65. The minimum atomic E-state index is -1.42. The molecule has 6 heteroatoms. The summed E-state index contributed by atoms with van der Waals surface area (Å²) in [4.78, 5) is 11.6. The molecule has 0 aromatic carbocycles. The van der Waals surface area contributed by atoms with Gasteiger partial charge in [-0.3, -0.25) is 15.2 Å². The van der Waals surface area contributed by atoms with E-state index in [0.717, 1.165) is 31.6 Å². The van der Waals surface area contributed by atoms with E-state index >= 15 is 0 Å². The molecule has 0 atom stereocenters. The van der Waals surface area contributed by atoms with Crippen molar-refractivity contribution in [2.75, 3.05) is 34.8 Å². The number of hydrogen-bond acceptors (Lipinski definition) is 3. The quantitative estimate of drug-likeness (QED) is 0.249. The Kier molecular flexibility index (Phi) is 12.6. The van der Waals surface area contributed by atoms with Crippen LogP contribution in [0.2, 0.25) is 0 Å². The van der Waals surface area contributed by atoms with Crippen LogP contribution in [0.5, 0.6) is 0 Å². The molecule has 108 valence electrons. The van der Waals surface area contributed by atoms with Crippen molar-refractivity contribution in [1.29, 1.82) is 0 Å². The summed E-state index contributed by atoms with van der Waals surface area (Å²) in [6.07, 6.45) is 2.70. The Balaban J connectivity index is 0. The molecule has 0 radical (unpaired) electrons. The first-order valence-electron chi connectivity index (χ1n) is 6.13. The average molecular weight is 261 g/mol. The van der Waals surface area contributed by atoms with Crippen molar-refractivity contribution in [3.05, 3.63) is 0 Å². The van der Waals surface area contributed by atoms with Crippen LogP contribution in [0.1, 0.15) is 32.6 Å². The third kappa shape index (κ3) is 14.5. The van der Waals surface area contributed by atoms with E-state index in [0.29, 0.717) is 0 Å². The summed E-state index contributed by atoms with van der Waals surface area (Å²) in [6.45, 7) is 2.38. The summed E-state index contributed by atoms with van der Waals surface area (Å²) in [5.74, 6) is 0.769. The molecule has 0 aromatic heterocycles. The number of carboxylic acid groups (broad SMARTS) is 1. The normalized spacial score (nSPS) is 8.94. The van der Waals surface area contributed by atoms with E-state index in [1.165, 1.54) is 0 Å². The van der Waals surface area contributed by atoms with Crippen molar-refractivity contribution < 1.29 is 19.2 Å². The molecule has 0 heterocycles. The molecule has 0 spiro atoms. The molecule has 6 nitrogen and oxygen atoms in total. The molecule has 0 aliphatic carbocycles. The van der Waals surface area contributed by atoms with Crippen molar-refractivity contribution in [2.45, 2.75) is 32.6 Å². The van der Waals surface area contributed by atoms with E-state index in [4.69, 9.17) is 5.73 Å². The van der Waals surface area contributed by atoms with Crippen LogP contribution in [-0.4, -0.2) is 56.4 Å². The van der Waals surface area contributed by atoms with Gasteiger partial charge in [0.2, 0.25) is 0 Å². The lowest BCUT2D eigenvalue weighted by Gasteiger charge is -2.06. The molecule has 0 bridgehead atoms. The maximum Gasteiger partial charge on any atom is 0.344 e. The highest BCUT2D eigenvalue weighted by Gasteiger charge is 2.00. The van der Waals surface area contributed by atoms with Crippen LogP contribution in [0.15, 0.2) is 0 Å². The first-order valence-corrected chi connectivity index (χ1v) is 6.13. The average Bonchev–Trinajstić information content (AvgIpc) is 2.28. The highest BCUT2D eigenvalue weighted by molar-refractivity contribution is 5.72. The fourth-order valence-electron chi connectivity index (χ4n) is 1.08. The van der Waals surface area contributed by atoms with Gasteiger partial charge in [-0.1, -0.05) is 26.2 Å².